The van der Waals surface area contributed by atoms with Crippen LogP contribution >= 0.6 is 11.3 Å². The molecule has 2 heterocycles. The van der Waals surface area contributed by atoms with Gasteiger partial charge in [0.05, 0.1) is 19.8 Å². The summed E-state index contributed by atoms with van der Waals surface area (Å²) in [5.41, 5.74) is 0.232. The summed E-state index contributed by atoms with van der Waals surface area (Å²) in [7, 11) is -1.49. The van der Waals surface area contributed by atoms with Crippen molar-refractivity contribution >= 4 is 33.3 Å². The number of esters is 2. The average molecular weight is 416 g/mol. The molecule has 1 aliphatic carbocycles. The van der Waals surface area contributed by atoms with Crippen LogP contribution < -0.4 is 0 Å². The first kappa shape index (κ1) is 20.3. The van der Waals surface area contributed by atoms with Gasteiger partial charge >= 0.3 is 11.9 Å². The number of nitrogens with zero attached hydrogens (tertiary/aromatic N) is 1. The monoisotopic (exact) mass is 415 g/mol. The molecular formula is C18H25NO6S2. The average Bonchev–Trinajstić information content (AvgIpc) is 3.04. The summed E-state index contributed by atoms with van der Waals surface area (Å²) in [5, 5.41) is 0. The van der Waals surface area contributed by atoms with Crippen LogP contribution in [0.15, 0.2) is 4.21 Å². The van der Waals surface area contributed by atoms with E-state index in [0.717, 1.165) is 49.9 Å². The second-order valence-corrected chi connectivity index (χ2v) is 10.2. The van der Waals surface area contributed by atoms with Crippen LogP contribution in [-0.2, 0) is 19.5 Å². The topological polar surface area (TPSA) is 90.0 Å². The highest BCUT2D eigenvalue weighted by Gasteiger charge is 2.43. The van der Waals surface area contributed by atoms with E-state index in [1.807, 2.05) is 0 Å². The normalized spacial score (nSPS) is 23.5. The molecule has 0 radical (unpaired) electrons. The second kappa shape index (κ2) is 7.89. The highest BCUT2D eigenvalue weighted by molar-refractivity contribution is 7.91. The zero-order chi connectivity index (χ0) is 19.8. The van der Waals surface area contributed by atoms with Crippen molar-refractivity contribution in [3.05, 3.63) is 16.0 Å². The van der Waals surface area contributed by atoms with Gasteiger partial charge in [-0.2, -0.15) is 4.31 Å². The second-order valence-electron chi connectivity index (χ2n) is 7.07. The lowest BCUT2D eigenvalue weighted by molar-refractivity contribution is 0.0596. The van der Waals surface area contributed by atoms with E-state index in [0.29, 0.717) is 12.5 Å². The zero-order valence-corrected chi connectivity index (χ0v) is 17.5. The molecule has 1 aromatic rings. The zero-order valence-electron chi connectivity index (χ0n) is 15.8. The summed E-state index contributed by atoms with van der Waals surface area (Å²) in [6, 6.07) is -0.0352. The third-order valence-corrected chi connectivity index (χ3v) is 9.30. The van der Waals surface area contributed by atoms with E-state index in [1.54, 1.807) is 11.2 Å². The van der Waals surface area contributed by atoms with Gasteiger partial charge in [0, 0.05) is 12.6 Å². The number of fused-ring (bicyclic) bond motifs is 1. The predicted molar refractivity (Wildman–Crippen MR) is 101 cm³/mol. The van der Waals surface area contributed by atoms with Crippen molar-refractivity contribution in [3.63, 3.8) is 0 Å². The number of methoxy groups -OCH3 is 2. The molecule has 7 nitrogen and oxygen atoms in total. The molecule has 0 unspecified atom stereocenters. The largest absolute Gasteiger partial charge is 0.465 e. The van der Waals surface area contributed by atoms with Gasteiger partial charge in [0.2, 0.25) is 0 Å². The highest BCUT2D eigenvalue weighted by Crippen LogP contribution is 2.41. The number of hydrogen-bond acceptors (Lipinski definition) is 7. The number of piperidine rings is 1. The quantitative estimate of drug-likeness (QED) is 0.702. The number of thiophene rings is 1. The van der Waals surface area contributed by atoms with E-state index in [9.17, 15) is 18.0 Å². The summed E-state index contributed by atoms with van der Waals surface area (Å²) >= 11 is 0.797. The van der Waals surface area contributed by atoms with E-state index in [-0.39, 0.29) is 26.3 Å². The fraction of sp³-hybridized carbons (Fsp3) is 0.667. The molecule has 2 atom stereocenters. The Hall–Kier alpha value is -1.45. The van der Waals surface area contributed by atoms with Crippen molar-refractivity contribution in [2.24, 2.45) is 5.92 Å². The van der Waals surface area contributed by atoms with Crippen molar-refractivity contribution in [1.82, 2.24) is 4.31 Å². The van der Waals surface area contributed by atoms with Gasteiger partial charge in [0.15, 0.2) is 4.21 Å². The molecule has 0 bridgehead atoms. The lowest BCUT2D eigenvalue weighted by Gasteiger charge is -2.42. The van der Waals surface area contributed by atoms with Gasteiger partial charge in [0.1, 0.15) is 4.88 Å². The van der Waals surface area contributed by atoms with Crippen molar-refractivity contribution in [2.75, 3.05) is 20.8 Å². The van der Waals surface area contributed by atoms with E-state index >= 15 is 0 Å². The summed E-state index contributed by atoms with van der Waals surface area (Å²) in [5.74, 6) is -1.04. The van der Waals surface area contributed by atoms with E-state index in [1.165, 1.54) is 14.2 Å². The molecule has 1 saturated heterocycles. The Morgan fingerprint density at radius 3 is 2.33 bits per heavy atom. The molecule has 3 rings (SSSR count). The number of rotatable bonds is 4. The molecule has 1 aromatic heterocycles. The van der Waals surface area contributed by atoms with E-state index in [4.69, 9.17) is 9.47 Å². The minimum absolute atomic E-state index is 0.0352. The Labute approximate surface area is 163 Å². The van der Waals surface area contributed by atoms with Crippen molar-refractivity contribution in [2.45, 2.75) is 55.7 Å². The van der Waals surface area contributed by atoms with Crippen molar-refractivity contribution in [3.8, 4) is 0 Å². The van der Waals surface area contributed by atoms with Crippen molar-refractivity contribution in [1.29, 1.82) is 0 Å². The molecule has 9 heteroatoms. The summed E-state index contributed by atoms with van der Waals surface area (Å²) in [4.78, 5) is 24.5. The first-order chi connectivity index (χ1) is 12.8. The molecule has 0 N–H and O–H groups in total. The van der Waals surface area contributed by atoms with Crippen LogP contribution in [0.1, 0.15) is 64.1 Å². The molecule has 0 spiro atoms. The summed E-state index contributed by atoms with van der Waals surface area (Å²) < 4.78 is 38.1. The number of carbonyl (C=O) groups is 2. The lowest BCUT2D eigenvalue weighted by atomic mass is 9.79. The first-order valence-corrected chi connectivity index (χ1v) is 11.4. The molecule has 0 aromatic carbocycles. The van der Waals surface area contributed by atoms with Gasteiger partial charge < -0.3 is 9.47 Å². The van der Waals surface area contributed by atoms with Gasteiger partial charge in [-0.25, -0.2) is 18.0 Å². The number of ether oxygens (including phenoxy) is 2. The fourth-order valence-electron chi connectivity index (χ4n) is 4.28. The number of hydrogen-bond donors (Lipinski definition) is 0. The van der Waals surface area contributed by atoms with Gasteiger partial charge in [-0.1, -0.05) is 12.8 Å². The van der Waals surface area contributed by atoms with Crippen LogP contribution in [0.4, 0.5) is 0 Å². The first-order valence-electron chi connectivity index (χ1n) is 9.14. The smallest absolute Gasteiger partial charge is 0.348 e. The maximum Gasteiger partial charge on any atom is 0.348 e. The third-order valence-electron chi connectivity index (χ3n) is 5.61. The molecule has 0 amide bonds. The molecule has 1 saturated carbocycles. The maximum absolute atomic E-state index is 13.5. The Balaban J connectivity index is 2.10. The summed E-state index contributed by atoms with van der Waals surface area (Å²) in [6.45, 7) is 1.99. The van der Waals surface area contributed by atoms with Crippen LogP contribution in [0.25, 0.3) is 0 Å². The molecule has 150 valence electrons. The molecular weight excluding hydrogens is 390 g/mol. The summed E-state index contributed by atoms with van der Waals surface area (Å²) in [6.07, 6.45) is 5.86. The fourth-order valence-corrected chi connectivity index (χ4v) is 7.89. The lowest BCUT2D eigenvalue weighted by Crippen LogP contribution is -2.49. The SMILES string of the molecule is COC(=O)c1sc(S(=O)(=O)N2CCC[C@H]3CCCC[C@@H]32)c(C(=O)OC)c1C. The van der Waals surface area contributed by atoms with E-state index < -0.39 is 22.0 Å². The molecule has 1 aliphatic heterocycles. The van der Waals surface area contributed by atoms with Gasteiger partial charge in [-0.3, -0.25) is 0 Å². The van der Waals surface area contributed by atoms with Crippen LogP contribution in [0.5, 0.6) is 0 Å². The minimum Gasteiger partial charge on any atom is -0.465 e. The highest BCUT2D eigenvalue weighted by atomic mass is 32.2. The maximum atomic E-state index is 13.5. The van der Waals surface area contributed by atoms with Gasteiger partial charge in [0.25, 0.3) is 10.0 Å². The Kier molecular flexibility index (Phi) is 5.93. The third kappa shape index (κ3) is 3.52. The van der Waals surface area contributed by atoms with Crippen molar-refractivity contribution < 1.29 is 27.5 Å². The van der Waals surface area contributed by atoms with Crippen LogP contribution in [0, 0.1) is 12.8 Å². The Morgan fingerprint density at radius 1 is 1.04 bits per heavy atom. The van der Waals surface area contributed by atoms with E-state index in [2.05, 4.69) is 0 Å². The van der Waals surface area contributed by atoms with Crippen LogP contribution in [-0.4, -0.2) is 51.5 Å². The number of carbonyl (C=O) groups excluding carboxylic acids is 2. The standard InChI is InChI=1S/C18H25NO6S2/c1-11-14(16(20)24-2)18(26-15(11)17(21)25-3)27(22,23)19-10-6-8-12-7-4-5-9-13(12)19/h12-13H,4-10H2,1-3H3/t12-,13+/m1/s1. The van der Waals surface area contributed by atoms with Crippen LogP contribution in [0.3, 0.4) is 0 Å². The van der Waals surface area contributed by atoms with Gasteiger partial charge in [-0.15, -0.1) is 11.3 Å². The number of sulfonamides is 1. The van der Waals surface area contributed by atoms with Crippen LogP contribution in [0.2, 0.25) is 0 Å². The molecule has 2 fully saturated rings. The van der Waals surface area contributed by atoms with Gasteiger partial charge in [-0.05, 0) is 44.1 Å². The Morgan fingerprint density at radius 2 is 1.67 bits per heavy atom. The molecule has 27 heavy (non-hydrogen) atoms. The minimum atomic E-state index is -3.92. The molecule has 2 aliphatic rings. The predicted octanol–water partition coefficient (Wildman–Crippen LogP) is 2.97. The Bertz CT molecular complexity index is 842.